The van der Waals surface area contributed by atoms with Crippen LogP contribution in [0.15, 0.2) is 29.3 Å². The lowest BCUT2D eigenvalue weighted by atomic mass is 9.96. The molecule has 0 aliphatic carbocycles. The van der Waals surface area contributed by atoms with Crippen LogP contribution in [0.25, 0.3) is 0 Å². The van der Waals surface area contributed by atoms with Crippen LogP contribution in [0.2, 0.25) is 5.02 Å². The van der Waals surface area contributed by atoms with E-state index in [1.807, 2.05) is 19.2 Å². The minimum Gasteiger partial charge on any atom is -0.381 e. The molecule has 7 heteroatoms. The van der Waals surface area contributed by atoms with Gasteiger partial charge in [0.2, 0.25) is 0 Å². The van der Waals surface area contributed by atoms with E-state index in [-0.39, 0.29) is 24.0 Å². The van der Waals surface area contributed by atoms with Gasteiger partial charge in [-0.25, -0.2) is 0 Å². The monoisotopic (exact) mass is 520 g/mol. The maximum Gasteiger partial charge on any atom is 0.193 e. The first kappa shape index (κ1) is 23.7. The fraction of sp³-hybridized carbons (Fsp3) is 0.667. The molecule has 1 atom stereocenters. The second-order valence-electron chi connectivity index (χ2n) is 7.85. The summed E-state index contributed by atoms with van der Waals surface area (Å²) in [4.78, 5) is 9.22. The summed E-state index contributed by atoms with van der Waals surface area (Å²) >= 11 is 6.30. The number of hydrogen-bond acceptors (Lipinski definition) is 3. The van der Waals surface area contributed by atoms with Gasteiger partial charge in [-0.2, -0.15) is 0 Å². The summed E-state index contributed by atoms with van der Waals surface area (Å²) < 4.78 is 5.49. The zero-order valence-corrected chi connectivity index (χ0v) is 20.2. The molecule has 2 fully saturated rings. The van der Waals surface area contributed by atoms with Crippen molar-refractivity contribution in [3.8, 4) is 0 Å². The summed E-state index contributed by atoms with van der Waals surface area (Å²) in [7, 11) is 4.00. The van der Waals surface area contributed by atoms with Gasteiger partial charge in [-0.15, -0.1) is 24.0 Å². The smallest absolute Gasteiger partial charge is 0.193 e. The normalized spacial score (nSPS) is 21.4. The van der Waals surface area contributed by atoms with Crippen LogP contribution in [0.1, 0.15) is 24.8 Å². The molecule has 2 aliphatic heterocycles. The van der Waals surface area contributed by atoms with Gasteiger partial charge in [0.15, 0.2) is 5.96 Å². The lowest BCUT2D eigenvalue weighted by molar-refractivity contribution is 0.176. The molecular weight excluding hydrogens is 487 g/mol. The molecule has 0 spiro atoms. The van der Waals surface area contributed by atoms with Crippen molar-refractivity contribution < 1.29 is 4.74 Å². The van der Waals surface area contributed by atoms with Crippen molar-refractivity contribution >= 4 is 41.5 Å². The second kappa shape index (κ2) is 12.2. The molecule has 5 nitrogen and oxygen atoms in total. The third-order valence-electron chi connectivity index (χ3n) is 5.74. The van der Waals surface area contributed by atoms with Gasteiger partial charge in [-0.3, -0.25) is 9.89 Å². The van der Waals surface area contributed by atoms with Crippen molar-refractivity contribution in [2.75, 3.05) is 53.5 Å². The molecule has 0 radical (unpaired) electrons. The average molecular weight is 521 g/mol. The van der Waals surface area contributed by atoms with E-state index < -0.39 is 0 Å². The van der Waals surface area contributed by atoms with Crippen molar-refractivity contribution in [1.82, 2.24) is 15.1 Å². The Morgan fingerprint density at radius 3 is 2.64 bits per heavy atom. The lowest BCUT2D eigenvalue weighted by Crippen LogP contribution is -2.44. The van der Waals surface area contributed by atoms with E-state index in [9.17, 15) is 0 Å². The van der Waals surface area contributed by atoms with E-state index in [1.54, 1.807) is 0 Å². The predicted molar refractivity (Wildman–Crippen MR) is 128 cm³/mol. The summed E-state index contributed by atoms with van der Waals surface area (Å²) in [6.45, 7) is 7.00. The zero-order valence-electron chi connectivity index (χ0n) is 17.1. The molecule has 2 aliphatic rings. The molecule has 2 saturated heterocycles. The number of benzene rings is 1. The Labute approximate surface area is 191 Å². The first-order valence-electron chi connectivity index (χ1n) is 10.1. The lowest BCUT2D eigenvalue weighted by Gasteiger charge is -2.33. The number of aliphatic imine (C=N–C) groups is 1. The van der Waals surface area contributed by atoms with Crippen LogP contribution in [0.5, 0.6) is 0 Å². The fourth-order valence-electron chi connectivity index (χ4n) is 4.04. The van der Waals surface area contributed by atoms with Crippen LogP contribution in [0.4, 0.5) is 0 Å². The molecule has 0 amide bonds. The van der Waals surface area contributed by atoms with Gasteiger partial charge in [0.1, 0.15) is 0 Å². The Morgan fingerprint density at radius 2 is 2.00 bits per heavy atom. The van der Waals surface area contributed by atoms with E-state index in [2.05, 4.69) is 39.3 Å². The SMILES string of the molecule is CN=C(NCC1CCN(Cc2ccccc2Cl)CC1)N(C)CC1CCOC1.I. The zero-order chi connectivity index (χ0) is 19.1. The molecule has 1 N–H and O–H groups in total. The van der Waals surface area contributed by atoms with Gasteiger partial charge in [-0.05, 0) is 49.9 Å². The van der Waals surface area contributed by atoms with Gasteiger partial charge < -0.3 is 15.0 Å². The standard InChI is InChI=1S/C21H33ClN4O.HI/c1-23-21(25(2)14-18-9-12-27-16-18)24-13-17-7-10-26(11-8-17)15-19-5-3-4-6-20(19)22;/h3-6,17-18H,7-16H2,1-2H3,(H,23,24);1H. The maximum absolute atomic E-state index is 6.30. The molecular formula is C21H34ClIN4O. The van der Waals surface area contributed by atoms with Gasteiger partial charge in [0.05, 0.1) is 6.61 Å². The molecule has 1 aromatic rings. The van der Waals surface area contributed by atoms with Crippen LogP contribution in [-0.2, 0) is 11.3 Å². The predicted octanol–water partition coefficient (Wildman–Crippen LogP) is 3.71. The highest BCUT2D eigenvalue weighted by molar-refractivity contribution is 14.0. The topological polar surface area (TPSA) is 40.1 Å². The summed E-state index contributed by atoms with van der Waals surface area (Å²) in [5, 5.41) is 4.46. The van der Waals surface area contributed by atoms with Gasteiger partial charge >= 0.3 is 0 Å². The first-order valence-corrected chi connectivity index (χ1v) is 10.5. The Balaban J connectivity index is 0.00000280. The number of likely N-dealkylation sites (tertiary alicyclic amines) is 1. The Hall–Kier alpha value is -0.570. The minimum atomic E-state index is 0. The average Bonchev–Trinajstić information content (AvgIpc) is 3.18. The van der Waals surface area contributed by atoms with Crippen molar-refractivity contribution in [1.29, 1.82) is 0 Å². The largest absolute Gasteiger partial charge is 0.381 e. The van der Waals surface area contributed by atoms with Crippen LogP contribution < -0.4 is 5.32 Å². The number of piperidine rings is 1. The highest BCUT2D eigenvalue weighted by atomic mass is 127. The molecule has 1 aromatic carbocycles. The van der Waals surface area contributed by atoms with E-state index in [0.717, 1.165) is 63.3 Å². The summed E-state index contributed by atoms with van der Waals surface area (Å²) in [5.41, 5.74) is 1.23. The molecule has 0 aromatic heterocycles. The van der Waals surface area contributed by atoms with Crippen LogP contribution in [0, 0.1) is 11.8 Å². The number of nitrogens with one attached hydrogen (secondary N) is 1. The quantitative estimate of drug-likeness (QED) is 0.353. The van der Waals surface area contributed by atoms with E-state index >= 15 is 0 Å². The van der Waals surface area contributed by atoms with Crippen LogP contribution >= 0.6 is 35.6 Å². The van der Waals surface area contributed by atoms with E-state index in [0.29, 0.717) is 11.8 Å². The number of ether oxygens (including phenoxy) is 1. The first-order chi connectivity index (χ1) is 13.2. The molecule has 3 rings (SSSR count). The number of halogens is 2. The molecule has 28 heavy (non-hydrogen) atoms. The van der Waals surface area contributed by atoms with Crippen molar-refractivity contribution in [2.24, 2.45) is 16.8 Å². The summed E-state index contributed by atoms with van der Waals surface area (Å²) in [5.74, 6) is 2.33. The highest BCUT2D eigenvalue weighted by Gasteiger charge is 2.22. The molecule has 0 bridgehead atoms. The van der Waals surface area contributed by atoms with E-state index in [1.165, 1.54) is 18.4 Å². The minimum absolute atomic E-state index is 0. The molecule has 0 saturated carbocycles. The summed E-state index contributed by atoms with van der Waals surface area (Å²) in [6, 6.07) is 8.17. The van der Waals surface area contributed by atoms with Gasteiger partial charge in [0.25, 0.3) is 0 Å². The number of hydrogen-bond donors (Lipinski definition) is 1. The highest BCUT2D eigenvalue weighted by Crippen LogP contribution is 2.22. The Morgan fingerprint density at radius 1 is 1.25 bits per heavy atom. The van der Waals surface area contributed by atoms with Crippen LogP contribution in [-0.4, -0.2) is 69.2 Å². The van der Waals surface area contributed by atoms with Gasteiger partial charge in [0, 0.05) is 51.3 Å². The number of rotatable bonds is 6. The summed E-state index contributed by atoms with van der Waals surface area (Å²) in [6.07, 6.45) is 3.59. The fourth-order valence-corrected chi connectivity index (χ4v) is 4.23. The molecule has 1 unspecified atom stereocenters. The van der Waals surface area contributed by atoms with E-state index in [4.69, 9.17) is 16.3 Å². The number of guanidine groups is 1. The molecule has 158 valence electrons. The van der Waals surface area contributed by atoms with Gasteiger partial charge in [-0.1, -0.05) is 29.8 Å². The third-order valence-corrected chi connectivity index (χ3v) is 6.11. The Kier molecular flexibility index (Phi) is 10.3. The third kappa shape index (κ3) is 7.04. The number of nitrogens with zero attached hydrogens (tertiary/aromatic N) is 3. The maximum atomic E-state index is 6.30. The van der Waals surface area contributed by atoms with Crippen molar-refractivity contribution in [2.45, 2.75) is 25.8 Å². The van der Waals surface area contributed by atoms with Crippen LogP contribution in [0.3, 0.4) is 0 Å². The van der Waals surface area contributed by atoms with Crippen molar-refractivity contribution in [3.05, 3.63) is 34.9 Å². The second-order valence-corrected chi connectivity index (χ2v) is 8.26. The molecule has 2 heterocycles. The Bertz CT molecular complexity index is 616. The van der Waals surface area contributed by atoms with Crippen molar-refractivity contribution in [3.63, 3.8) is 0 Å².